The topological polar surface area (TPSA) is 48.9 Å². The molecule has 0 fully saturated rings. The van der Waals surface area contributed by atoms with E-state index in [4.69, 9.17) is 4.74 Å². The Hall–Kier alpha value is -1.66. The Morgan fingerprint density at radius 3 is 2.58 bits per heavy atom. The van der Waals surface area contributed by atoms with Crippen LogP contribution >= 0.6 is 0 Å². The molecule has 0 amide bonds. The van der Waals surface area contributed by atoms with Crippen molar-refractivity contribution in [3.05, 3.63) is 35.1 Å². The normalized spacial score (nSPS) is 12.6. The summed E-state index contributed by atoms with van der Waals surface area (Å²) in [5.41, 5.74) is 1.40. The number of hydrogen-bond donors (Lipinski definition) is 2. The Bertz CT molecular complexity index is 544. The molecule has 6 heteroatoms. The van der Waals surface area contributed by atoms with Gasteiger partial charge in [-0.25, -0.2) is 9.38 Å². The molecule has 1 aromatic carbocycles. The van der Waals surface area contributed by atoms with Gasteiger partial charge in [-0.1, -0.05) is 6.07 Å². The van der Waals surface area contributed by atoms with Crippen molar-refractivity contribution in [3.63, 3.8) is 0 Å². The Kier molecular flexibility index (Phi) is 8.15. The highest BCUT2D eigenvalue weighted by Crippen LogP contribution is 2.13. The van der Waals surface area contributed by atoms with E-state index in [1.165, 1.54) is 6.07 Å². The third kappa shape index (κ3) is 7.27. The zero-order valence-corrected chi connectivity index (χ0v) is 15.7. The molecule has 0 heterocycles. The highest BCUT2D eigenvalue weighted by molar-refractivity contribution is 5.79. The fourth-order valence-electron chi connectivity index (χ4n) is 2.07. The molecule has 0 saturated carbocycles. The number of benzene rings is 1. The average molecular weight is 338 g/mol. The van der Waals surface area contributed by atoms with Gasteiger partial charge in [-0.15, -0.1) is 0 Å². The van der Waals surface area contributed by atoms with Gasteiger partial charge in [0.25, 0.3) is 0 Å². The van der Waals surface area contributed by atoms with Crippen LogP contribution in [-0.4, -0.2) is 50.8 Å². The molecule has 1 aromatic rings. The summed E-state index contributed by atoms with van der Waals surface area (Å²) >= 11 is 0. The number of halogens is 1. The Morgan fingerprint density at radius 2 is 2.00 bits per heavy atom. The number of guanidine groups is 1. The molecular formula is C18H31FN4O. The molecule has 24 heavy (non-hydrogen) atoms. The summed E-state index contributed by atoms with van der Waals surface area (Å²) in [5, 5.41) is 6.48. The standard InChI is InChI=1S/C18H31FN4O/c1-7-20-17(22-13-18(2,3)24-6)21-11-14-8-9-16(19)15(10-14)12-23(4)5/h8-10H,7,11-13H2,1-6H3,(H2,20,21,22). The maximum absolute atomic E-state index is 13.8. The van der Waals surface area contributed by atoms with Crippen LogP contribution < -0.4 is 10.6 Å². The second-order valence-electron chi connectivity index (χ2n) is 6.68. The van der Waals surface area contributed by atoms with Crippen molar-refractivity contribution < 1.29 is 9.13 Å². The van der Waals surface area contributed by atoms with Gasteiger partial charge in [0.1, 0.15) is 5.82 Å². The van der Waals surface area contributed by atoms with Gasteiger partial charge in [-0.2, -0.15) is 0 Å². The first-order chi connectivity index (χ1) is 11.3. The fraction of sp³-hybridized carbons (Fsp3) is 0.611. The highest BCUT2D eigenvalue weighted by atomic mass is 19.1. The smallest absolute Gasteiger partial charge is 0.191 e. The minimum atomic E-state index is -0.273. The van der Waals surface area contributed by atoms with Crippen molar-refractivity contribution >= 4 is 5.96 Å². The largest absolute Gasteiger partial charge is 0.377 e. The van der Waals surface area contributed by atoms with Gasteiger partial charge in [-0.3, -0.25) is 0 Å². The number of methoxy groups -OCH3 is 1. The van der Waals surface area contributed by atoms with Gasteiger partial charge in [0, 0.05) is 32.3 Å². The maximum Gasteiger partial charge on any atom is 0.191 e. The number of nitrogens with zero attached hydrogens (tertiary/aromatic N) is 2. The van der Waals surface area contributed by atoms with E-state index < -0.39 is 0 Å². The molecule has 0 spiro atoms. The third-order valence-electron chi connectivity index (χ3n) is 3.59. The van der Waals surface area contributed by atoms with Crippen molar-refractivity contribution in [2.75, 3.05) is 34.3 Å². The van der Waals surface area contributed by atoms with E-state index in [9.17, 15) is 4.39 Å². The molecule has 0 radical (unpaired) electrons. The van der Waals surface area contributed by atoms with Gasteiger partial charge in [0.15, 0.2) is 5.96 Å². The molecule has 136 valence electrons. The summed E-state index contributed by atoms with van der Waals surface area (Å²) in [6, 6.07) is 5.17. The second-order valence-corrected chi connectivity index (χ2v) is 6.68. The minimum absolute atomic E-state index is 0.177. The molecule has 5 nitrogen and oxygen atoms in total. The Morgan fingerprint density at radius 1 is 1.29 bits per heavy atom. The molecule has 0 atom stereocenters. The molecule has 0 aliphatic rings. The van der Waals surface area contributed by atoms with E-state index in [0.29, 0.717) is 25.2 Å². The lowest BCUT2D eigenvalue weighted by molar-refractivity contribution is 0.0268. The van der Waals surface area contributed by atoms with Crippen molar-refractivity contribution in [1.29, 1.82) is 0 Å². The summed E-state index contributed by atoms with van der Waals surface area (Å²) in [6.45, 7) is 8.52. The molecule has 1 rings (SSSR count). The molecule has 0 aromatic heterocycles. The molecule has 0 aliphatic carbocycles. The monoisotopic (exact) mass is 338 g/mol. The van der Waals surface area contributed by atoms with Crippen LogP contribution in [0, 0.1) is 5.82 Å². The SMILES string of the molecule is CCNC(=NCc1ccc(F)c(CN(C)C)c1)NCC(C)(C)OC. The summed E-state index contributed by atoms with van der Waals surface area (Å²) in [6.07, 6.45) is 0. The van der Waals surface area contributed by atoms with E-state index in [-0.39, 0.29) is 11.4 Å². The van der Waals surface area contributed by atoms with Crippen LogP contribution in [-0.2, 0) is 17.8 Å². The minimum Gasteiger partial charge on any atom is -0.377 e. The summed E-state index contributed by atoms with van der Waals surface area (Å²) in [5.74, 6) is 0.546. The number of ether oxygens (including phenoxy) is 1. The lowest BCUT2D eigenvalue weighted by Crippen LogP contribution is -2.45. The van der Waals surface area contributed by atoms with Crippen LogP contribution in [0.2, 0.25) is 0 Å². The quantitative estimate of drug-likeness (QED) is 0.564. The predicted molar refractivity (Wildman–Crippen MR) is 97.7 cm³/mol. The third-order valence-corrected chi connectivity index (χ3v) is 3.59. The van der Waals surface area contributed by atoms with E-state index >= 15 is 0 Å². The Balaban J connectivity index is 2.78. The zero-order valence-electron chi connectivity index (χ0n) is 15.7. The lowest BCUT2D eigenvalue weighted by Gasteiger charge is -2.24. The molecular weight excluding hydrogens is 307 g/mol. The van der Waals surface area contributed by atoms with E-state index in [0.717, 1.165) is 18.1 Å². The van der Waals surface area contributed by atoms with Crippen LogP contribution in [0.1, 0.15) is 31.9 Å². The van der Waals surface area contributed by atoms with E-state index in [1.54, 1.807) is 13.2 Å². The van der Waals surface area contributed by atoms with Crippen molar-refractivity contribution in [1.82, 2.24) is 15.5 Å². The first kappa shape index (κ1) is 20.4. The second kappa shape index (κ2) is 9.59. The number of hydrogen-bond acceptors (Lipinski definition) is 3. The number of aliphatic imine (C=N–C) groups is 1. The van der Waals surface area contributed by atoms with Crippen LogP contribution in [0.25, 0.3) is 0 Å². The fourth-order valence-corrected chi connectivity index (χ4v) is 2.07. The number of rotatable bonds is 8. The van der Waals surface area contributed by atoms with Crippen LogP contribution in [0.15, 0.2) is 23.2 Å². The lowest BCUT2D eigenvalue weighted by atomic mass is 10.1. The first-order valence-corrected chi connectivity index (χ1v) is 8.26. The molecule has 2 N–H and O–H groups in total. The van der Waals surface area contributed by atoms with E-state index in [1.807, 2.05) is 45.8 Å². The first-order valence-electron chi connectivity index (χ1n) is 8.26. The van der Waals surface area contributed by atoms with Gasteiger partial charge < -0.3 is 20.3 Å². The van der Waals surface area contributed by atoms with Gasteiger partial charge in [0.05, 0.1) is 12.1 Å². The van der Waals surface area contributed by atoms with Gasteiger partial charge >= 0.3 is 0 Å². The molecule has 0 bridgehead atoms. The molecule has 0 saturated heterocycles. The van der Waals surface area contributed by atoms with Crippen LogP contribution in [0.4, 0.5) is 4.39 Å². The van der Waals surface area contributed by atoms with Crippen molar-refractivity contribution in [2.24, 2.45) is 4.99 Å². The summed E-state index contributed by atoms with van der Waals surface area (Å²) in [7, 11) is 5.54. The van der Waals surface area contributed by atoms with Crippen LogP contribution in [0.3, 0.4) is 0 Å². The predicted octanol–water partition coefficient (Wildman–Crippen LogP) is 2.37. The summed E-state index contributed by atoms with van der Waals surface area (Å²) < 4.78 is 19.2. The maximum atomic E-state index is 13.8. The van der Waals surface area contributed by atoms with Gasteiger partial charge in [-0.05, 0) is 52.6 Å². The molecule has 0 aliphatic heterocycles. The number of nitrogens with one attached hydrogen (secondary N) is 2. The Labute approximate surface area is 145 Å². The van der Waals surface area contributed by atoms with Crippen molar-refractivity contribution in [2.45, 2.75) is 39.5 Å². The van der Waals surface area contributed by atoms with E-state index in [2.05, 4.69) is 15.6 Å². The van der Waals surface area contributed by atoms with Crippen LogP contribution in [0.5, 0.6) is 0 Å². The zero-order chi connectivity index (χ0) is 18.2. The summed E-state index contributed by atoms with van der Waals surface area (Å²) in [4.78, 5) is 6.52. The highest BCUT2D eigenvalue weighted by Gasteiger charge is 2.16. The molecule has 0 unspecified atom stereocenters. The average Bonchev–Trinajstić information content (AvgIpc) is 2.52. The van der Waals surface area contributed by atoms with Crippen molar-refractivity contribution in [3.8, 4) is 0 Å². The van der Waals surface area contributed by atoms with Gasteiger partial charge in [0.2, 0.25) is 0 Å².